The summed E-state index contributed by atoms with van der Waals surface area (Å²) in [7, 11) is 0.530. The first-order valence-electron chi connectivity index (χ1n) is 12.4. The van der Waals surface area contributed by atoms with Crippen LogP contribution in [0, 0.1) is 17.3 Å². The molecule has 0 aromatic rings. The van der Waals surface area contributed by atoms with Crippen molar-refractivity contribution in [3.63, 3.8) is 0 Å². The number of carbonyl (C=O) groups excluding carboxylic acids is 2. The van der Waals surface area contributed by atoms with Gasteiger partial charge in [0.1, 0.15) is 0 Å². The van der Waals surface area contributed by atoms with E-state index in [0.29, 0.717) is 12.3 Å². The van der Waals surface area contributed by atoms with Gasteiger partial charge in [-0.2, -0.15) is 0 Å². The van der Waals surface area contributed by atoms with Crippen molar-refractivity contribution in [2.24, 2.45) is 17.3 Å². The molecule has 2 unspecified atom stereocenters. The first-order chi connectivity index (χ1) is 15.1. The van der Waals surface area contributed by atoms with Crippen LogP contribution in [0.3, 0.4) is 0 Å². The molecule has 2 atom stereocenters. The number of hydrogen-bond donors (Lipinski definition) is 0. The van der Waals surface area contributed by atoms with Gasteiger partial charge in [0, 0.05) is 24.5 Å². The van der Waals surface area contributed by atoms with Crippen molar-refractivity contribution in [1.29, 1.82) is 0 Å². The number of allylic oxidation sites excluding steroid dienone is 6. The van der Waals surface area contributed by atoms with Crippen molar-refractivity contribution >= 4 is 20.8 Å². The van der Waals surface area contributed by atoms with Crippen LogP contribution in [0.5, 0.6) is 0 Å². The van der Waals surface area contributed by atoms with E-state index >= 15 is 0 Å². The van der Waals surface area contributed by atoms with Gasteiger partial charge in [-0.05, 0) is 62.6 Å². The van der Waals surface area contributed by atoms with Crippen LogP contribution in [0.2, 0.25) is 13.1 Å². The summed E-state index contributed by atoms with van der Waals surface area (Å²) in [6, 6.07) is 0. The van der Waals surface area contributed by atoms with Gasteiger partial charge in [-0.3, -0.25) is 9.59 Å². The molecule has 0 aromatic heterocycles. The maximum atomic E-state index is 12.3. The highest BCUT2D eigenvalue weighted by Gasteiger charge is 2.24. The molecule has 5 heteroatoms. The standard InChI is InChI=1S/C27H46O4Si/c1-27(2,3)23(14-10-9-13-21-31-32(5)6)19-17-22-18-20-25(28)24(22)15-11-7-8-12-16-26(29)30-4/h15,17-20,22-23,32H,7-14,16,21H2,1-6H3. The minimum absolute atomic E-state index is 0.0896. The SMILES string of the molecule is COC(=O)CCCCCC=C1C(=O)C=CC1C=CC(CCCCCO[SiH](C)C)C(C)(C)C. The molecule has 0 fully saturated rings. The predicted molar refractivity (Wildman–Crippen MR) is 136 cm³/mol. The van der Waals surface area contributed by atoms with Gasteiger partial charge < -0.3 is 9.16 Å². The Bertz CT molecular complexity index is 655. The van der Waals surface area contributed by atoms with Crippen LogP contribution < -0.4 is 0 Å². The van der Waals surface area contributed by atoms with Crippen LogP contribution in [0.4, 0.5) is 0 Å². The average Bonchev–Trinajstić information content (AvgIpc) is 3.07. The second-order valence-corrected chi connectivity index (χ2v) is 12.6. The molecule has 1 rings (SSSR count). The lowest BCUT2D eigenvalue weighted by molar-refractivity contribution is -0.140. The van der Waals surface area contributed by atoms with Crippen LogP contribution in [-0.2, 0) is 18.8 Å². The molecule has 0 aromatic carbocycles. The molecule has 0 heterocycles. The van der Waals surface area contributed by atoms with Gasteiger partial charge in [-0.15, -0.1) is 0 Å². The molecule has 1 aliphatic carbocycles. The lowest BCUT2D eigenvalue weighted by atomic mass is 9.77. The largest absolute Gasteiger partial charge is 0.469 e. The minimum atomic E-state index is -0.894. The zero-order chi connectivity index (χ0) is 24.0. The monoisotopic (exact) mass is 462 g/mol. The van der Waals surface area contributed by atoms with Gasteiger partial charge in [0.15, 0.2) is 14.8 Å². The van der Waals surface area contributed by atoms with Crippen LogP contribution >= 0.6 is 0 Å². The summed E-state index contributed by atoms with van der Waals surface area (Å²) in [5.41, 5.74) is 1.10. The van der Waals surface area contributed by atoms with Crippen molar-refractivity contribution in [2.75, 3.05) is 13.7 Å². The second-order valence-electron chi connectivity index (χ2n) is 10.2. The topological polar surface area (TPSA) is 52.6 Å². The smallest absolute Gasteiger partial charge is 0.305 e. The molecule has 0 saturated carbocycles. The Labute approximate surface area is 198 Å². The van der Waals surface area contributed by atoms with Gasteiger partial charge in [0.25, 0.3) is 0 Å². The molecule has 0 radical (unpaired) electrons. The van der Waals surface area contributed by atoms with Crippen molar-refractivity contribution in [3.05, 3.63) is 36.0 Å². The van der Waals surface area contributed by atoms with Crippen molar-refractivity contribution < 1.29 is 18.8 Å². The minimum Gasteiger partial charge on any atom is -0.469 e. The molecule has 0 saturated heterocycles. The summed E-state index contributed by atoms with van der Waals surface area (Å²) in [4.78, 5) is 23.5. The van der Waals surface area contributed by atoms with E-state index < -0.39 is 9.04 Å². The van der Waals surface area contributed by atoms with Crippen molar-refractivity contribution in [3.8, 4) is 0 Å². The summed E-state index contributed by atoms with van der Waals surface area (Å²) in [5.74, 6) is 0.566. The number of methoxy groups -OCH3 is 1. The highest BCUT2D eigenvalue weighted by Crippen LogP contribution is 2.33. The number of ketones is 1. The maximum Gasteiger partial charge on any atom is 0.305 e. The molecule has 0 aliphatic heterocycles. The molecular formula is C27H46O4Si. The van der Waals surface area contributed by atoms with E-state index in [0.717, 1.165) is 44.3 Å². The van der Waals surface area contributed by atoms with Crippen LogP contribution in [0.15, 0.2) is 36.0 Å². The van der Waals surface area contributed by atoms with Gasteiger partial charge >= 0.3 is 5.97 Å². The third-order valence-corrected chi connectivity index (χ3v) is 6.95. The highest BCUT2D eigenvalue weighted by molar-refractivity contribution is 6.48. The molecule has 0 amide bonds. The Morgan fingerprint density at radius 3 is 2.50 bits per heavy atom. The summed E-state index contributed by atoms with van der Waals surface area (Å²) in [5, 5.41) is 0. The zero-order valence-electron chi connectivity index (χ0n) is 21.3. The third-order valence-electron chi connectivity index (χ3n) is 6.05. The van der Waals surface area contributed by atoms with Gasteiger partial charge in [0.05, 0.1) is 7.11 Å². The summed E-state index contributed by atoms with van der Waals surface area (Å²) < 4.78 is 10.5. The van der Waals surface area contributed by atoms with E-state index in [9.17, 15) is 9.59 Å². The number of carbonyl (C=O) groups is 2. The zero-order valence-corrected chi connectivity index (χ0v) is 22.5. The second kappa shape index (κ2) is 15.4. The fourth-order valence-electron chi connectivity index (χ4n) is 3.94. The number of esters is 1. The highest BCUT2D eigenvalue weighted by atomic mass is 28.3. The predicted octanol–water partition coefficient (Wildman–Crippen LogP) is 6.57. The number of unbranched alkanes of at least 4 members (excludes halogenated alkanes) is 5. The molecule has 0 N–H and O–H groups in total. The Morgan fingerprint density at radius 1 is 1.12 bits per heavy atom. The fourth-order valence-corrected chi connectivity index (χ4v) is 4.58. The normalized spacial score (nSPS) is 18.9. The van der Waals surface area contributed by atoms with Crippen LogP contribution in [-0.4, -0.2) is 34.5 Å². The van der Waals surface area contributed by atoms with E-state index in [1.54, 1.807) is 6.08 Å². The summed E-state index contributed by atoms with van der Waals surface area (Å²) >= 11 is 0. The molecular weight excluding hydrogens is 416 g/mol. The van der Waals surface area contributed by atoms with E-state index in [4.69, 9.17) is 4.43 Å². The number of rotatable bonds is 15. The van der Waals surface area contributed by atoms with E-state index in [1.165, 1.54) is 26.4 Å². The molecule has 0 spiro atoms. The quantitative estimate of drug-likeness (QED) is 0.0908. The summed E-state index contributed by atoms with van der Waals surface area (Å²) in [6.07, 6.45) is 19.3. The van der Waals surface area contributed by atoms with E-state index in [-0.39, 0.29) is 23.1 Å². The van der Waals surface area contributed by atoms with Crippen molar-refractivity contribution in [1.82, 2.24) is 0 Å². The van der Waals surface area contributed by atoms with Crippen LogP contribution in [0.1, 0.15) is 78.6 Å². The number of hydrogen-bond acceptors (Lipinski definition) is 4. The molecule has 1 aliphatic rings. The molecule has 0 bridgehead atoms. The summed E-state index contributed by atoms with van der Waals surface area (Å²) in [6.45, 7) is 12.3. The van der Waals surface area contributed by atoms with Gasteiger partial charge in [-0.25, -0.2) is 0 Å². The van der Waals surface area contributed by atoms with E-state index in [1.807, 2.05) is 6.08 Å². The maximum absolute atomic E-state index is 12.3. The first kappa shape index (κ1) is 28.6. The first-order valence-corrected chi connectivity index (χ1v) is 15.2. The Morgan fingerprint density at radius 2 is 1.84 bits per heavy atom. The third kappa shape index (κ3) is 12.0. The average molecular weight is 463 g/mol. The van der Waals surface area contributed by atoms with E-state index in [2.05, 4.69) is 56.8 Å². The van der Waals surface area contributed by atoms with Crippen LogP contribution in [0.25, 0.3) is 0 Å². The molecule has 4 nitrogen and oxygen atoms in total. The molecule has 182 valence electrons. The Kier molecular flexibility index (Phi) is 13.7. The fraction of sp³-hybridized carbons (Fsp3) is 0.704. The number of ether oxygens (including phenoxy) is 1. The van der Waals surface area contributed by atoms with Crippen molar-refractivity contribution in [2.45, 2.75) is 91.7 Å². The molecule has 32 heavy (non-hydrogen) atoms. The Hall–Kier alpha value is -1.46. The lowest BCUT2D eigenvalue weighted by Crippen LogP contribution is -2.19. The lowest BCUT2D eigenvalue weighted by Gasteiger charge is -2.28. The van der Waals surface area contributed by atoms with Gasteiger partial charge in [0.2, 0.25) is 0 Å². The Balaban J connectivity index is 2.53. The van der Waals surface area contributed by atoms with Gasteiger partial charge in [-0.1, -0.05) is 64.3 Å².